The topological polar surface area (TPSA) is 38.8 Å². The van der Waals surface area contributed by atoms with Gasteiger partial charge in [-0.25, -0.2) is 9.18 Å². The van der Waals surface area contributed by atoms with Gasteiger partial charge in [0.25, 0.3) is 0 Å². The van der Waals surface area contributed by atoms with Gasteiger partial charge in [0.15, 0.2) is 0 Å². The van der Waals surface area contributed by atoms with Gasteiger partial charge in [0, 0.05) is 6.54 Å². The van der Waals surface area contributed by atoms with Gasteiger partial charge in [-0.05, 0) is 49.5 Å². The molecule has 108 valence electrons. The molecule has 5 heteroatoms. The van der Waals surface area contributed by atoms with Crippen molar-refractivity contribution in [2.45, 2.75) is 25.6 Å². The predicted octanol–water partition coefficient (Wildman–Crippen LogP) is 2.57. The highest BCUT2D eigenvalue weighted by molar-refractivity contribution is 5.60. The van der Waals surface area contributed by atoms with Crippen LogP contribution in [0.2, 0.25) is 0 Å². The Morgan fingerprint density at radius 1 is 1.35 bits per heavy atom. The molecule has 4 rings (SSSR count). The van der Waals surface area contributed by atoms with Crippen LogP contribution in [0.4, 0.5) is 9.18 Å². The number of hydrogen-bond acceptors (Lipinski definition) is 4. The summed E-state index contributed by atoms with van der Waals surface area (Å²) in [4.78, 5) is 14.0. The minimum atomic E-state index is -0.659. The number of benzene rings is 1. The number of ether oxygens (including phenoxy) is 2. The molecular formula is C15H18FNO3. The van der Waals surface area contributed by atoms with Crippen LogP contribution in [-0.4, -0.2) is 36.8 Å². The summed E-state index contributed by atoms with van der Waals surface area (Å²) < 4.78 is 23.4. The summed E-state index contributed by atoms with van der Waals surface area (Å²) >= 11 is 0. The van der Waals surface area contributed by atoms with Crippen LogP contribution in [0.15, 0.2) is 24.3 Å². The van der Waals surface area contributed by atoms with E-state index in [0.717, 1.165) is 32.5 Å². The molecule has 3 fully saturated rings. The molecule has 1 unspecified atom stereocenters. The second-order valence-corrected chi connectivity index (χ2v) is 5.46. The van der Waals surface area contributed by atoms with Gasteiger partial charge in [-0.15, -0.1) is 0 Å². The maximum atomic E-state index is 13.0. The Kier molecular flexibility index (Phi) is 3.87. The molecule has 0 aromatic heterocycles. The zero-order valence-electron chi connectivity index (χ0n) is 11.3. The van der Waals surface area contributed by atoms with Crippen molar-refractivity contribution < 1.29 is 18.7 Å². The van der Waals surface area contributed by atoms with E-state index in [1.807, 2.05) is 0 Å². The molecule has 20 heavy (non-hydrogen) atoms. The largest absolute Gasteiger partial charge is 0.508 e. The van der Waals surface area contributed by atoms with E-state index in [2.05, 4.69) is 4.90 Å². The average molecular weight is 279 g/mol. The van der Waals surface area contributed by atoms with E-state index in [4.69, 9.17) is 9.47 Å². The van der Waals surface area contributed by atoms with E-state index in [0.29, 0.717) is 11.5 Å². The third-order valence-electron chi connectivity index (χ3n) is 4.09. The van der Waals surface area contributed by atoms with E-state index in [9.17, 15) is 9.18 Å². The summed E-state index contributed by atoms with van der Waals surface area (Å²) in [6.45, 7) is 3.04. The molecule has 2 bridgehead atoms. The summed E-state index contributed by atoms with van der Waals surface area (Å²) in [5.74, 6) is 0.124. The smallest absolute Gasteiger partial charge is 0.429 e. The second kappa shape index (κ2) is 5.79. The summed E-state index contributed by atoms with van der Waals surface area (Å²) in [6, 6.07) is 6.01. The predicted molar refractivity (Wildman–Crippen MR) is 70.6 cm³/mol. The molecule has 3 saturated heterocycles. The van der Waals surface area contributed by atoms with E-state index < -0.39 is 6.16 Å². The first-order chi connectivity index (χ1) is 9.70. The van der Waals surface area contributed by atoms with Crippen LogP contribution in [0.5, 0.6) is 0 Å². The van der Waals surface area contributed by atoms with Crippen molar-refractivity contribution in [2.75, 3.05) is 19.6 Å². The van der Waals surface area contributed by atoms with Crippen LogP contribution in [0, 0.1) is 11.7 Å². The second-order valence-electron chi connectivity index (χ2n) is 5.46. The molecule has 3 heterocycles. The SMILES string of the molecule is O=C(OCc1cccc(F)c1)OC1CN2CCC1CC2. The van der Waals surface area contributed by atoms with Crippen LogP contribution in [0.1, 0.15) is 18.4 Å². The molecule has 3 aliphatic heterocycles. The third-order valence-corrected chi connectivity index (χ3v) is 4.09. The first kappa shape index (κ1) is 13.4. The Balaban J connectivity index is 1.48. The van der Waals surface area contributed by atoms with Crippen LogP contribution in [0.25, 0.3) is 0 Å². The van der Waals surface area contributed by atoms with E-state index in [1.165, 1.54) is 12.1 Å². The third kappa shape index (κ3) is 3.10. The summed E-state index contributed by atoms with van der Waals surface area (Å²) in [5.41, 5.74) is 0.621. The molecule has 4 nitrogen and oxygen atoms in total. The minimum Gasteiger partial charge on any atom is -0.429 e. The van der Waals surface area contributed by atoms with Crippen molar-refractivity contribution in [3.05, 3.63) is 35.6 Å². The van der Waals surface area contributed by atoms with Gasteiger partial charge >= 0.3 is 6.16 Å². The average Bonchev–Trinajstić information content (AvgIpc) is 2.46. The van der Waals surface area contributed by atoms with Gasteiger partial charge in [0.05, 0.1) is 0 Å². The number of hydrogen-bond donors (Lipinski definition) is 0. The highest BCUT2D eigenvalue weighted by Crippen LogP contribution is 2.29. The Hall–Kier alpha value is -1.62. The van der Waals surface area contributed by atoms with E-state index in [1.54, 1.807) is 12.1 Å². The van der Waals surface area contributed by atoms with Gasteiger partial charge in [0.2, 0.25) is 0 Å². The lowest BCUT2D eigenvalue weighted by Gasteiger charge is -2.43. The fourth-order valence-corrected chi connectivity index (χ4v) is 2.97. The van der Waals surface area contributed by atoms with Crippen molar-refractivity contribution in [3.63, 3.8) is 0 Å². The monoisotopic (exact) mass is 279 g/mol. The Bertz CT molecular complexity index is 486. The van der Waals surface area contributed by atoms with Gasteiger partial charge in [-0.1, -0.05) is 12.1 Å². The molecule has 1 aromatic carbocycles. The molecule has 3 aliphatic rings. The molecule has 1 atom stereocenters. The first-order valence-corrected chi connectivity index (χ1v) is 7.01. The lowest BCUT2D eigenvalue weighted by molar-refractivity contribution is -0.0599. The summed E-state index contributed by atoms with van der Waals surface area (Å²) in [6.07, 6.45) is 1.45. The number of fused-ring (bicyclic) bond motifs is 3. The standard InChI is InChI=1S/C15H18FNO3/c16-13-3-1-2-11(8-13)10-19-15(18)20-14-9-17-6-4-12(14)5-7-17/h1-3,8,12,14H,4-7,9-10H2. The number of carbonyl (C=O) groups excluding carboxylic acids is 1. The fraction of sp³-hybridized carbons (Fsp3) is 0.533. The number of carbonyl (C=O) groups is 1. The highest BCUT2D eigenvalue weighted by atomic mass is 19.1. The van der Waals surface area contributed by atoms with Gasteiger partial charge in [-0.2, -0.15) is 0 Å². The van der Waals surface area contributed by atoms with Crippen molar-refractivity contribution in [3.8, 4) is 0 Å². The maximum absolute atomic E-state index is 13.0. The van der Waals surface area contributed by atoms with E-state index in [-0.39, 0.29) is 18.5 Å². The summed E-state index contributed by atoms with van der Waals surface area (Å²) in [7, 11) is 0. The molecule has 1 aromatic rings. The normalized spacial score (nSPS) is 28.1. The lowest BCUT2D eigenvalue weighted by atomic mass is 9.86. The molecule has 0 aliphatic carbocycles. The number of piperidine rings is 3. The highest BCUT2D eigenvalue weighted by Gasteiger charge is 2.36. The molecule has 0 saturated carbocycles. The molecule has 0 radical (unpaired) electrons. The maximum Gasteiger partial charge on any atom is 0.508 e. The molecule has 0 spiro atoms. The quantitative estimate of drug-likeness (QED) is 0.797. The minimum absolute atomic E-state index is 0.0394. The first-order valence-electron chi connectivity index (χ1n) is 7.01. The van der Waals surface area contributed by atoms with Crippen LogP contribution in [0.3, 0.4) is 0 Å². The van der Waals surface area contributed by atoms with Crippen LogP contribution >= 0.6 is 0 Å². The van der Waals surface area contributed by atoms with Gasteiger partial charge < -0.3 is 9.47 Å². The lowest BCUT2D eigenvalue weighted by Crippen LogP contribution is -2.51. The molecule has 0 amide bonds. The summed E-state index contributed by atoms with van der Waals surface area (Å²) in [5, 5.41) is 0. The van der Waals surface area contributed by atoms with Crippen molar-refractivity contribution in [1.29, 1.82) is 0 Å². The number of rotatable bonds is 3. The Labute approximate surface area is 117 Å². The van der Waals surface area contributed by atoms with Crippen LogP contribution in [-0.2, 0) is 16.1 Å². The van der Waals surface area contributed by atoms with Crippen molar-refractivity contribution in [2.24, 2.45) is 5.92 Å². The fourth-order valence-electron chi connectivity index (χ4n) is 2.97. The van der Waals surface area contributed by atoms with E-state index >= 15 is 0 Å². The number of nitrogens with zero attached hydrogens (tertiary/aromatic N) is 1. The zero-order valence-corrected chi connectivity index (χ0v) is 11.3. The number of halogens is 1. The van der Waals surface area contributed by atoms with Crippen LogP contribution < -0.4 is 0 Å². The molecular weight excluding hydrogens is 261 g/mol. The Morgan fingerprint density at radius 3 is 2.80 bits per heavy atom. The zero-order chi connectivity index (χ0) is 13.9. The molecule has 0 N–H and O–H groups in total. The van der Waals surface area contributed by atoms with Crippen molar-refractivity contribution >= 4 is 6.16 Å². The van der Waals surface area contributed by atoms with Crippen molar-refractivity contribution in [1.82, 2.24) is 4.90 Å². The van der Waals surface area contributed by atoms with Gasteiger partial charge in [0.1, 0.15) is 18.5 Å². The van der Waals surface area contributed by atoms with Gasteiger partial charge in [-0.3, -0.25) is 4.90 Å². The Morgan fingerprint density at radius 2 is 2.15 bits per heavy atom.